The number of halogens is 1. The highest BCUT2D eigenvalue weighted by Gasteiger charge is 2.16. The minimum atomic E-state index is -0.266. The molecule has 0 bridgehead atoms. The molecule has 90 valence electrons. The van der Waals surface area contributed by atoms with E-state index in [2.05, 4.69) is 4.98 Å². The Balaban J connectivity index is 2.24. The molecule has 17 heavy (non-hydrogen) atoms. The third kappa shape index (κ3) is 2.66. The van der Waals surface area contributed by atoms with Gasteiger partial charge in [0.15, 0.2) is 0 Å². The summed E-state index contributed by atoms with van der Waals surface area (Å²) in [7, 11) is 2.98. The van der Waals surface area contributed by atoms with Crippen LogP contribution in [0.1, 0.15) is 10.5 Å². The second-order valence-corrected chi connectivity index (χ2v) is 5.70. The molecule has 0 radical (unpaired) electrons. The average molecular weight is 289 g/mol. The van der Waals surface area contributed by atoms with Crippen LogP contribution in [0.25, 0.3) is 9.88 Å². The molecule has 2 heterocycles. The van der Waals surface area contributed by atoms with Gasteiger partial charge in [0, 0.05) is 12.4 Å². The van der Waals surface area contributed by atoms with E-state index >= 15 is 0 Å². The van der Waals surface area contributed by atoms with Crippen LogP contribution in [0.5, 0.6) is 0 Å². The van der Waals surface area contributed by atoms with Gasteiger partial charge in [-0.1, -0.05) is 11.6 Å². The Kier molecular flexibility index (Phi) is 3.78. The minimum Gasteiger partial charge on any atom is -0.274 e. The summed E-state index contributed by atoms with van der Waals surface area (Å²) in [5.74, 6) is -0.266. The van der Waals surface area contributed by atoms with Crippen LogP contribution in [0, 0.1) is 0 Å². The van der Waals surface area contributed by atoms with Crippen molar-refractivity contribution in [2.24, 2.45) is 0 Å². The first-order chi connectivity index (χ1) is 8.11. The molecular weight excluding hydrogens is 280 g/mol. The van der Waals surface area contributed by atoms with Gasteiger partial charge in [0.25, 0.3) is 5.91 Å². The van der Waals surface area contributed by atoms with Crippen molar-refractivity contribution in [3.8, 4) is 9.88 Å². The highest BCUT2D eigenvalue weighted by Crippen LogP contribution is 2.32. The summed E-state index contributed by atoms with van der Waals surface area (Å²) in [5, 5.41) is 3.64. The molecule has 2 aromatic heterocycles. The van der Waals surface area contributed by atoms with Crippen LogP contribution in [0.3, 0.4) is 0 Å². The monoisotopic (exact) mass is 288 g/mol. The van der Waals surface area contributed by atoms with Crippen LogP contribution < -0.4 is 0 Å². The summed E-state index contributed by atoms with van der Waals surface area (Å²) in [6, 6.07) is 3.70. The van der Waals surface area contributed by atoms with Crippen LogP contribution in [0.2, 0.25) is 4.34 Å². The van der Waals surface area contributed by atoms with Gasteiger partial charge in [-0.2, -0.15) is 0 Å². The van der Waals surface area contributed by atoms with Gasteiger partial charge >= 0.3 is 0 Å². The predicted octanol–water partition coefficient (Wildman–Crippen LogP) is 3.16. The molecule has 0 aliphatic rings. The molecule has 0 unspecified atom stereocenters. The first kappa shape index (κ1) is 12.5. The highest BCUT2D eigenvalue weighted by atomic mass is 35.5. The van der Waals surface area contributed by atoms with Crippen molar-refractivity contribution < 1.29 is 9.63 Å². The Morgan fingerprint density at radius 2 is 2.29 bits per heavy atom. The Labute approximate surface area is 111 Å². The van der Waals surface area contributed by atoms with E-state index in [4.69, 9.17) is 16.4 Å². The van der Waals surface area contributed by atoms with Gasteiger partial charge in [-0.15, -0.1) is 22.7 Å². The van der Waals surface area contributed by atoms with Gasteiger partial charge in [-0.3, -0.25) is 9.63 Å². The summed E-state index contributed by atoms with van der Waals surface area (Å²) >= 11 is 8.70. The molecule has 1 amide bonds. The lowest BCUT2D eigenvalue weighted by molar-refractivity contribution is -0.0760. The number of hydroxylamine groups is 2. The highest BCUT2D eigenvalue weighted by molar-refractivity contribution is 7.23. The standard InChI is InChI=1S/C10H9ClN2O2S2/c1-13(15-2)10(14)6-5-16-9(12-6)7-3-4-8(11)17-7/h3-5H,1-2H3. The van der Waals surface area contributed by atoms with Crippen LogP contribution in [0.15, 0.2) is 17.5 Å². The van der Waals surface area contributed by atoms with E-state index in [0.717, 1.165) is 14.9 Å². The molecule has 0 aliphatic carbocycles. The molecule has 2 aromatic rings. The Hall–Kier alpha value is -0.950. The predicted molar refractivity (Wildman–Crippen MR) is 69.5 cm³/mol. The van der Waals surface area contributed by atoms with Gasteiger partial charge in [0.1, 0.15) is 10.7 Å². The molecule has 0 fully saturated rings. The van der Waals surface area contributed by atoms with Crippen molar-refractivity contribution in [1.29, 1.82) is 0 Å². The fourth-order valence-corrected chi connectivity index (χ4v) is 3.07. The van der Waals surface area contributed by atoms with Crippen LogP contribution >= 0.6 is 34.3 Å². The fourth-order valence-electron chi connectivity index (χ4n) is 1.16. The van der Waals surface area contributed by atoms with E-state index < -0.39 is 0 Å². The number of carbonyl (C=O) groups excluding carboxylic acids is 1. The maximum absolute atomic E-state index is 11.7. The first-order valence-electron chi connectivity index (χ1n) is 4.65. The number of nitrogens with zero attached hydrogens (tertiary/aromatic N) is 2. The van der Waals surface area contributed by atoms with E-state index in [9.17, 15) is 4.79 Å². The number of thiazole rings is 1. The second-order valence-electron chi connectivity index (χ2n) is 3.13. The van der Waals surface area contributed by atoms with Crippen molar-refractivity contribution in [2.75, 3.05) is 14.2 Å². The minimum absolute atomic E-state index is 0.266. The molecule has 2 rings (SSSR count). The van der Waals surface area contributed by atoms with E-state index in [1.165, 1.54) is 29.8 Å². The molecular formula is C10H9ClN2O2S2. The lowest BCUT2D eigenvalue weighted by Gasteiger charge is -2.10. The molecule has 4 nitrogen and oxygen atoms in total. The lowest BCUT2D eigenvalue weighted by atomic mass is 10.4. The maximum atomic E-state index is 11.7. The number of amides is 1. The normalized spacial score (nSPS) is 10.5. The van der Waals surface area contributed by atoms with Crippen molar-refractivity contribution in [3.63, 3.8) is 0 Å². The van der Waals surface area contributed by atoms with E-state index in [0.29, 0.717) is 10.0 Å². The molecule has 0 saturated carbocycles. The largest absolute Gasteiger partial charge is 0.296 e. The summed E-state index contributed by atoms with van der Waals surface area (Å²) in [6.07, 6.45) is 0. The summed E-state index contributed by atoms with van der Waals surface area (Å²) in [4.78, 5) is 21.8. The van der Waals surface area contributed by atoms with Gasteiger partial charge in [-0.05, 0) is 12.1 Å². The Morgan fingerprint density at radius 3 is 2.88 bits per heavy atom. The zero-order chi connectivity index (χ0) is 12.4. The quantitative estimate of drug-likeness (QED) is 0.815. The van der Waals surface area contributed by atoms with Gasteiger partial charge < -0.3 is 0 Å². The molecule has 0 aromatic carbocycles. The lowest BCUT2D eigenvalue weighted by Crippen LogP contribution is -2.25. The number of hydrogen-bond acceptors (Lipinski definition) is 5. The van der Waals surface area contributed by atoms with Crippen LogP contribution in [-0.4, -0.2) is 30.1 Å². The third-order valence-electron chi connectivity index (χ3n) is 2.07. The number of carbonyl (C=O) groups is 1. The molecule has 0 N–H and O–H groups in total. The fraction of sp³-hybridized carbons (Fsp3) is 0.200. The van der Waals surface area contributed by atoms with Crippen molar-refractivity contribution in [1.82, 2.24) is 10.0 Å². The third-order valence-corrected chi connectivity index (χ3v) is 4.31. The summed E-state index contributed by atoms with van der Waals surface area (Å²) in [6.45, 7) is 0. The van der Waals surface area contributed by atoms with Crippen LogP contribution in [-0.2, 0) is 4.84 Å². The topological polar surface area (TPSA) is 42.4 Å². The number of rotatable bonds is 3. The van der Waals surface area contributed by atoms with Gasteiger partial charge in [0.05, 0.1) is 16.3 Å². The van der Waals surface area contributed by atoms with E-state index in [1.807, 2.05) is 12.1 Å². The molecule has 0 spiro atoms. The summed E-state index contributed by atoms with van der Waals surface area (Å²) < 4.78 is 0.706. The van der Waals surface area contributed by atoms with Crippen LogP contribution in [0.4, 0.5) is 0 Å². The first-order valence-corrected chi connectivity index (χ1v) is 6.72. The average Bonchev–Trinajstić information content (AvgIpc) is 2.95. The Bertz CT molecular complexity index is 538. The van der Waals surface area contributed by atoms with Crippen molar-refractivity contribution >= 4 is 40.2 Å². The molecule has 0 aliphatic heterocycles. The smallest absolute Gasteiger partial charge is 0.274 e. The molecule has 7 heteroatoms. The Morgan fingerprint density at radius 1 is 1.53 bits per heavy atom. The molecule has 0 saturated heterocycles. The second kappa shape index (κ2) is 5.14. The number of hydrogen-bond donors (Lipinski definition) is 0. The van der Waals surface area contributed by atoms with Crippen molar-refractivity contribution in [3.05, 3.63) is 27.5 Å². The number of aromatic nitrogens is 1. The van der Waals surface area contributed by atoms with E-state index in [-0.39, 0.29) is 5.91 Å². The maximum Gasteiger partial charge on any atom is 0.296 e. The zero-order valence-corrected chi connectivity index (χ0v) is 11.5. The molecule has 0 atom stereocenters. The van der Waals surface area contributed by atoms with Crippen molar-refractivity contribution in [2.45, 2.75) is 0 Å². The zero-order valence-electron chi connectivity index (χ0n) is 9.14. The van der Waals surface area contributed by atoms with Gasteiger partial charge in [0.2, 0.25) is 0 Å². The van der Waals surface area contributed by atoms with Gasteiger partial charge in [-0.25, -0.2) is 10.0 Å². The van der Waals surface area contributed by atoms with E-state index in [1.54, 1.807) is 12.4 Å². The summed E-state index contributed by atoms with van der Waals surface area (Å²) in [5.41, 5.74) is 0.374. The SMILES string of the molecule is CON(C)C(=O)c1csc(-c2ccc(Cl)s2)n1. The number of thiophene rings is 1.